The summed E-state index contributed by atoms with van der Waals surface area (Å²) in [6, 6.07) is 1.39. The molecule has 120 valence electrons. The number of hydrogen-bond donors (Lipinski definition) is 1. The van der Waals surface area contributed by atoms with E-state index in [0.717, 1.165) is 29.6 Å². The molecule has 1 aliphatic rings. The molecule has 0 saturated carbocycles. The zero-order chi connectivity index (χ0) is 16.5. The summed E-state index contributed by atoms with van der Waals surface area (Å²) >= 11 is 0. The zero-order valence-corrected chi connectivity index (χ0v) is 12.5. The van der Waals surface area contributed by atoms with Gasteiger partial charge in [0.2, 0.25) is 10.0 Å². The quantitative estimate of drug-likeness (QED) is 0.821. The molecule has 1 heterocycles. The molecule has 9 heteroatoms. The first kappa shape index (κ1) is 16.4. The Morgan fingerprint density at radius 1 is 1.41 bits per heavy atom. The van der Waals surface area contributed by atoms with Gasteiger partial charge in [0, 0.05) is 6.54 Å². The monoisotopic (exact) mass is 331 g/mol. The van der Waals surface area contributed by atoms with Gasteiger partial charge in [-0.1, -0.05) is 0 Å². The summed E-state index contributed by atoms with van der Waals surface area (Å²) in [6.45, 7) is 0.0251. The smallest absolute Gasteiger partial charge is 0.339 e. The van der Waals surface area contributed by atoms with E-state index in [1.54, 1.807) is 0 Å². The van der Waals surface area contributed by atoms with Gasteiger partial charge in [0.1, 0.15) is 11.9 Å². The summed E-state index contributed by atoms with van der Waals surface area (Å²) in [5.41, 5.74) is -0.460. The maximum Gasteiger partial charge on any atom is 0.339 e. The summed E-state index contributed by atoms with van der Waals surface area (Å²) in [7, 11) is -3.21. The lowest BCUT2D eigenvalue weighted by Crippen LogP contribution is -2.40. The Labute approximate surface area is 126 Å². The number of methoxy groups -OCH3 is 1. The van der Waals surface area contributed by atoms with E-state index in [-0.39, 0.29) is 13.0 Å². The first-order valence-corrected chi connectivity index (χ1v) is 7.85. The number of esters is 1. The van der Waals surface area contributed by atoms with Crippen LogP contribution in [-0.4, -0.2) is 49.5 Å². The van der Waals surface area contributed by atoms with Crippen molar-refractivity contribution < 1.29 is 32.2 Å². The fraction of sp³-hybridized carbons (Fsp3) is 0.385. The SMILES string of the molecule is COC(=O)c1cc(F)ccc1S(=O)(=O)N1CCC[C@H]1C(=O)O. The van der Waals surface area contributed by atoms with E-state index in [4.69, 9.17) is 5.11 Å². The molecular formula is C13H14FNO6S. The van der Waals surface area contributed by atoms with Crippen molar-refractivity contribution in [2.24, 2.45) is 0 Å². The van der Waals surface area contributed by atoms with Gasteiger partial charge in [-0.15, -0.1) is 0 Å². The number of benzene rings is 1. The minimum atomic E-state index is -4.25. The van der Waals surface area contributed by atoms with Gasteiger partial charge in [0.25, 0.3) is 0 Å². The Morgan fingerprint density at radius 2 is 2.09 bits per heavy atom. The molecule has 1 atom stereocenters. The predicted molar refractivity (Wildman–Crippen MR) is 72.3 cm³/mol. The molecule has 0 amide bonds. The average Bonchev–Trinajstić information content (AvgIpc) is 2.96. The fourth-order valence-corrected chi connectivity index (χ4v) is 4.21. The number of sulfonamides is 1. The number of carbonyl (C=O) groups is 2. The Kier molecular flexibility index (Phi) is 4.47. The van der Waals surface area contributed by atoms with E-state index in [1.165, 1.54) is 0 Å². The Morgan fingerprint density at radius 3 is 2.68 bits per heavy atom. The normalized spacial score (nSPS) is 19.1. The summed E-state index contributed by atoms with van der Waals surface area (Å²) in [5, 5.41) is 9.10. The molecular weight excluding hydrogens is 317 g/mol. The predicted octanol–water partition coefficient (Wildman–Crippen LogP) is 0.850. The second kappa shape index (κ2) is 6.01. The third-order valence-corrected chi connectivity index (χ3v) is 5.39. The van der Waals surface area contributed by atoms with Gasteiger partial charge in [-0.2, -0.15) is 4.31 Å². The highest BCUT2D eigenvalue weighted by atomic mass is 32.2. The number of hydrogen-bond acceptors (Lipinski definition) is 5. The van der Waals surface area contributed by atoms with Gasteiger partial charge in [-0.05, 0) is 31.0 Å². The summed E-state index contributed by atoms with van der Waals surface area (Å²) < 4.78 is 43.8. The van der Waals surface area contributed by atoms with Crippen LogP contribution in [0.25, 0.3) is 0 Å². The molecule has 0 bridgehead atoms. The van der Waals surface area contributed by atoms with Gasteiger partial charge < -0.3 is 9.84 Å². The van der Waals surface area contributed by atoms with Crippen LogP contribution in [0.4, 0.5) is 4.39 Å². The van der Waals surface area contributed by atoms with Crippen molar-refractivity contribution >= 4 is 22.0 Å². The van der Waals surface area contributed by atoms with Crippen molar-refractivity contribution in [3.63, 3.8) is 0 Å². The van der Waals surface area contributed by atoms with Gasteiger partial charge in [0.05, 0.1) is 17.6 Å². The lowest BCUT2D eigenvalue weighted by molar-refractivity contribution is -0.140. The first-order valence-electron chi connectivity index (χ1n) is 6.41. The zero-order valence-electron chi connectivity index (χ0n) is 11.7. The van der Waals surface area contributed by atoms with Crippen molar-refractivity contribution in [3.05, 3.63) is 29.6 Å². The highest BCUT2D eigenvalue weighted by Crippen LogP contribution is 2.28. The van der Waals surface area contributed by atoms with Crippen LogP contribution in [0.2, 0.25) is 0 Å². The van der Waals surface area contributed by atoms with E-state index in [0.29, 0.717) is 6.42 Å². The van der Waals surface area contributed by atoms with E-state index in [9.17, 15) is 22.4 Å². The minimum absolute atomic E-state index is 0.0251. The van der Waals surface area contributed by atoms with Crippen LogP contribution in [0, 0.1) is 5.82 Å². The molecule has 0 spiro atoms. The van der Waals surface area contributed by atoms with Crippen LogP contribution >= 0.6 is 0 Å². The van der Waals surface area contributed by atoms with Crippen LogP contribution in [-0.2, 0) is 19.6 Å². The highest BCUT2D eigenvalue weighted by molar-refractivity contribution is 7.89. The number of carbonyl (C=O) groups excluding carboxylic acids is 1. The largest absolute Gasteiger partial charge is 0.480 e. The third kappa shape index (κ3) is 2.81. The molecule has 0 unspecified atom stereocenters. The molecule has 1 fully saturated rings. The second-order valence-corrected chi connectivity index (χ2v) is 6.60. The molecule has 0 aliphatic carbocycles. The molecule has 1 aromatic rings. The van der Waals surface area contributed by atoms with E-state index < -0.39 is 44.3 Å². The summed E-state index contributed by atoms with van der Waals surface area (Å²) in [6.07, 6.45) is 0.578. The van der Waals surface area contributed by atoms with Gasteiger partial charge >= 0.3 is 11.9 Å². The third-order valence-electron chi connectivity index (χ3n) is 3.42. The van der Waals surface area contributed by atoms with Crippen LogP contribution < -0.4 is 0 Å². The Hall–Kier alpha value is -2.00. The van der Waals surface area contributed by atoms with Gasteiger partial charge in [-0.3, -0.25) is 4.79 Å². The standard InChI is InChI=1S/C13H14FNO6S/c1-21-13(18)9-7-8(14)4-5-11(9)22(19,20)15-6-2-3-10(15)12(16)17/h4-5,7,10H,2-3,6H2,1H3,(H,16,17)/t10-/m0/s1. The van der Waals surface area contributed by atoms with Crippen LogP contribution in [0.5, 0.6) is 0 Å². The topological polar surface area (TPSA) is 101 Å². The summed E-state index contributed by atoms with van der Waals surface area (Å²) in [5.74, 6) is -3.07. The highest BCUT2D eigenvalue weighted by Gasteiger charge is 2.41. The molecule has 0 aromatic heterocycles. The van der Waals surface area contributed by atoms with Crippen molar-refractivity contribution in [3.8, 4) is 0 Å². The van der Waals surface area contributed by atoms with Crippen LogP contribution in [0.3, 0.4) is 0 Å². The summed E-state index contributed by atoms with van der Waals surface area (Å²) in [4.78, 5) is 22.4. The Balaban J connectivity index is 2.55. The van der Waals surface area contributed by atoms with Gasteiger partial charge in [-0.25, -0.2) is 17.6 Å². The lowest BCUT2D eigenvalue weighted by atomic mass is 10.2. The van der Waals surface area contributed by atoms with Crippen LogP contribution in [0.15, 0.2) is 23.1 Å². The number of rotatable bonds is 4. The number of ether oxygens (including phenoxy) is 1. The number of carboxylic acid groups (broad SMARTS) is 1. The number of nitrogens with zero attached hydrogens (tertiary/aromatic N) is 1. The second-order valence-electron chi connectivity index (χ2n) is 4.74. The number of aliphatic carboxylic acids is 1. The van der Waals surface area contributed by atoms with Crippen molar-refractivity contribution in [2.75, 3.05) is 13.7 Å². The van der Waals surface area contributed by atoms with E-state index in [1.807, 2.05) is 0 Å². The molecule has 1 aliphatic heterocycles. The molecule has 22 heavy (non-hydrogen) atoms. The molecule has 1 aromatic carbocycles. The lowest BCUT2D eigenvalue weighted by Gasteiger charge is -2.22. The minimum Gasteiger partial charge on any atom is -0.480 e. The molecule has 0 radical (unpaired) electrons. The van der Waals surface area contributed by atoms with E-state index in [2.05, 4.69) is 4.74 Å². The Bertz CT molecular complexity index is 717. The molecule has 7 nitrogen and oxygen atoms in total. The number of carboxylic acids is 1. The average molecular weight is 331 g/mol. The maximum absolute atomic E-state index is 13.3. The molecule has 2 rings (SSSR count). The van der Waals surface area contributed by atoms with Crippen molar-refractivity contribution in [1.29, 1.82) is 0 Å². The van der Waals surface area contributed by atoms with Crippen molar-refractivity contribution in [2.45, 2.75) is 23.8 Å². The van der Waals surface area contributed by atoms with Crippen molar-refractivity contribution in [1.82, 2.24) is 4.31 Å². The maximum atomic E-state index is 13.3. The molecule has 1 N–H and O–H groups in total. The number of halogens is 1. The first-order chi connectivity index (χ1) is 10.3. The van der Waals surface area contributed by atoms with Gasteiger partial charge in [0.15, 0.2) is 0 Å². The van der Waals surface area contributed by atoms with Crippen LogP contribution in [0.1, 0.15) is 23.2 Å². The molecule has 1 saturated heterocycles. The van der Waals surface area contributed by atoms with E-state index >= 15 is 0 Å². The fourth-order valence-electron chi connectivity index (χ4n) is 2.40.